The molecule has 0 saturated carbocycles. The molecule has 190 valence electrons. The lowest BCUT2D eigenvalue weighted by Gasteiger charge is -2.49. The van der Waals surface area contributed by atoms with Crippen LogP contribution in [0.4, 0.5) is 0 Å². The second kappa shape index (κ2) is 8.53. The van der Waals surface area contributed by atoms with Crippen LogP contribution in [-0.4, -0.2) is 76.8 Å². The minimum absolute atomic E-state index is 0.0386. The second-order valence-corrected chi connectivity index (χ2v) is 11.2. The molecule has 1 amide bonds. The number of amides is 1. The predicted octanol–water partition coefficient (Wildman–Crippen LogP) is 1.14. The third-order valence-corrected chi connectivity index (χ3v) is 9.50. The Morgan fingerprint density at radius 2 is 1.94 bits per heavy atom. The lowest BCUT2D eigenvalue weighted by atomic mass is 9.73. The molecular formula is C23H32Cl2N8O2. The van der Waals surface area contributed by atoms with Crippen LogP contribution in [0.5, 0.6) is 0 Å². The zero-order chi connectivity index (χ0) is 24.6. The maximum atomic E-state index is 13.7. The minimum atomic E-state index is -0.365. The summed E-state index contributed by atoms with van der Waals surface area (Å²) in [6.07, 6.45) is 1.58. The number of hydrogen-bond donors (Lipinski definition) is 4. The summed E-state index contributed by atoms with van der Waals surface area (Å²) in [5.74, 6) is -0.306. The van der Waals surface area contributed by atoms with Gasteiger partial charge in [-0.15, -0.1) is 0 Å². The summed E-state index contributed by atoms with van der Waals surface area (Å²) in [6, 6.07) is 3.57. The number of carbonyl (C=O) groups is 1. The Morgan fingerprint density at radius 1 is 1.20 bits per heavy atom. The van der Waals surface area contributed by atoms with E-state index in [-0.39, 0.29) is 47.9 Å². The third-order valence-electron chi connectivity index (χ3n) is 8.66. The number of aryl methyl sites for hydroxylation is 1. The van der Waals surface area contributed by atoms with Crippen LogP contribution in [0.2, 0.25) is 10.2 Å². The molecule has 4 saturated heterocycles. The molecule has 0 bridgehead atoms. The molecule has 5 N–H and O–H groups in total. The number of nitrogens with zero attached hydrogens (tertiary/aromatic N) is 4. The van der Waals surface area contributed by atoms with E-state index < -0.39 is 0 Å². The molecule has 0 aliphatic carbocycles. The largest absolute Gasteiger partial charge is 0.376 e. The van der Waals surface area contributed by atoms with E-state index >= 15 is 0 Å². The van der Waals surface area contributed by atoms with Crippen molar-refractivity contribution in [3.8, 4) is 0 Å². The van der Waals surface area contributed by atoms with Gasteiger partial charge in [-0.2, -0.15) is 5.10 Å². The topological polar surface area (TPSA) is 113 Å². The van der Waals surface area contributed by atoms with Crippen molar-refractivity contribution < 1.29 is 9.53 Å². The van der Waals surface area contributed by atoms with E-state index in [1.807, 2.05) is 24.1 Å². The number of halogens is 2. The van der Waals surface area contributed by atoms with Gasteiger partial charge in [-0.1, -0.05) is 29.3 Å². The van der Waals surface area contributed by atoms with Crippen molar-refractivity contribution >= 4 is 40.0 Å². The molecule has 6 rings (SSSR count). The fourth-order valence-electron chi connectivity index (χ4n) is 6.39. The van der Waals surface area contributed by atoms with Crippen LogP contribution in [0.1, 0.15) is 31.4 Å². The highest BCUT2D eigenvalue weighted by atomic mass is 35.5. The number of piperidine rings is 1. The van der Waals surface area contributed by atoms with E-state index in [1.165, 1.54) is 0 Å². The Labute approximate surface area is 214 Å². The minimum Gasteiger partial charge on any atom is -0.376 e. The number of benzene rings is 1. The molecular weight excluding hydrogens is 491 g/mol. The molecule has 1 aromatic heterocycles. The number of hydrogen-bond acceptors (Lipinski definition) is 8. The van der Waals surface area contributed by atoms with Gasteiger partial charge in [0.15, 0.2) is 0 Å². The fourth-order valence-corrected chi connectivity index (χ4v) is 7.03. The van der Waals surface area contributed by atoms with Gasteiger partial charge in [0.1, 0.15) is 11.4 Å². The lowest BCUT2D eigenvalue weighted by Crippen LogP contribution is -2.70. The van der Waals surface area contributed by atoms with Gasteiger partial charge in [0.05, 0.1) is 46.8 Å². The Balaban J connectivity index is 1.21. The Bertz CT molecular complexity index is 1170. The summed E-state index contributed by atoms with van der Waals surface area (Å²) in [6.45, 7) is 4.49. The molecule has 2 aromatic rings. The van der Waals surface area contributed by atoms with Crippen LogP contribution in [0, 0.1) is 11.3 Å². The molecule has 4 aliphatic rings. The molecule has 4 unspecified atom stereocenters. The Hall–Kier alpha value is -1.50. The molecule has 35 heavy (non-hydrogen) atoms. The van der Waals surface area contributed by atoms with Crippen LogP contribution in [0.25, 0.3) is 10.9 Å². The van der Waals surface area contributed by atoms with Gasteiger partial charge in [0.2, 0.25) is 5.91 Å². The average molecular weight is 523 g/mol. The van der Waals surface area contributed by atoms with Crippen LogP contribution < -0.4 is 21.9 Å². The first kappa shape index (κ1) is 23.9. The van der Waals surface area contributed by atoms with Crippen molar-refractivity contribution in [2.45, 2.75) is 50.4 Å². The first-order valence-corrected chi connectivity index (χ1v) is 12.9. The van der Waals surface area contributed by atoms with Gasteiger partial charge in [-0.05, 0) is 31.4 Å². The number of rotatable bonds is 2. The summed E-state index contributed by atoms with van der Waals surface area (Å²) in [5.41, 5.74) is 14.7. The summed E-state index contributed by atoms with van der Waals surface area (Å²) < 4.78 is 7.47. The number of hydrazine groups is 1. The molecule has 10 nitrogen and oxygen atoms in total. The van der Waals surface area contributed by atoms with Crippen molar-refractivity contribution in [3.05, 3.63) is 27.9 Å². The Morgan fingerprint density at radius 3 is 2.63 bits per heavy atom. The van der Waals surface area contributed by atoms with Gasteiger partial charge < -0.3 is 15.4 Å². The number of ether oxygens (including phenoxy) is 1. The molecule has 1 spiro atoms. The number of nitrogens with two attached hydrogens (primary N) is 1. The van der Waals surface area contributed by atoms with Gasteiger partial charge >= 0.3 is 0 Å². The molecule has 12 heteroatoms. The lowest BCUT2D eigenvalue weighted by molar-refractivity contribution is -0.151. The first-order valence-electron chi connectivity index (χ1n) is 12.2. The van der Waals surface area contributed by atoms with Crippen molar-refractivity contribution in [1.82, 2.24) is 35.7 Å². The highest BCUT2D eigenvalue weighted by Gasteiger charge is 2.52. The van der Waals surface area contributed by atoms with E-state index in [1.54, 1.807) is 11.7 Å². The first-order chi connectivity index (χ1) is 16.7. The van der Waals surface area contributed by atoms with E-state index in [0.29, 0.717) is 15.6 Å². The average Bonchev–Trinajstić information content (AvgIpc) is 3.48. The van der Waals surface area contributed by atoms with E-state index in [9.17, 15) is 4.79 Å². The van der Waals surface area contributed by atoms with Gasteiger partial charge in [0.25, 0.3) is 0 Å². The number of aromatic nitrogens is 2. The van der Waals surface area contributed by atoms with Crippen LogP contribution in [0.3, 0.4) is 0 Å². The highest BCUT2D eigenvalue weighted by molar-refractivity contribution is 6.42. The molecule has 4 fully saturated rings. The third kappa shape index (κ3) is 3.53. The van der Waals surface area contributed by atoms with Crippen molar-refractivity contribution in [3.63, 3.8) is 0 Å². The molecule has 5 heterocycles. The number of nitrogens with one attached hydrogen (secondary N) is 3. The second-order valence-electron chi connectivity index (χ2n) is 10.5. The van der Waals surface area contributed by atoms with Crippen LogP contribution in [-0.2, 0) is 16.6 Å². The van der Waals surface area contributed by atoms with Gasteiger partial charge in [-0.25, -0.2) is 10.9 Å². The molecule has 6 atom stereocenters. The summed E-state index contributed by atoms with van der Waals surface area (Å²) in [5, 5.41) is 9.74. The van der Waals surface area contributed by atoms with Crippen LogP contribution >= 0.6 is 23.2 Å². The molecule has 1 aromatic carbocycles. The van der Waals surface area contributed by atoms with E-state index in [4.69, 9.17) is 33.7 Å². The number of likely N-dealkylation sites (tertiary alicyclic amines) is 1. The van der Waals surface area contributed by atoms with Crippen molar-refractivity contribution in [2.24, 2.45) is 24.1 Å². The standard InChI is InChI=1S/C23H32Cl2N8O2/c1-11-18(26)23(10-35-11)6-8-33(9-7-23)22-27-20-15(21(34)31(22)2)17(28-29-20)12-4-5-13-14(16(12)24)19(25)32(3)30-13/h4-5,11,15,17-18,20,22,27-29H,6-10,26H2,1-3H3/t11-,15?,17?,18+,20?,22?/m0/s1. The maximum Gasteiger partial charge on any atom is 0.232 e. The SMILES string of the molecule is C[C@@H]1OCC2(CCN(C3NC4NNC(c5ccc6nn(C)c(Cl)c6c5Cl)C4C(=O)N3C)CC2)[C@@H]1N. The molecule has 0 radical (unpaired) electrons. The zero-order valence-corrected chi connectivity index (χ0v) is 21.6. The van der Waals surface area contributed by atoms with Gasteiger partial charge in [0, 0.05) is 38.6 Å². The van der Waals surface area contributed by atoms with Crippen LogP contribution in [0.15, 0.2) is 12.1 Å². The summed E-state index contributed by atoms with van der Waals surface area (Å²) in [4.78, 5) is 17.8. The highest BCUT2D eigenvalue weighted by Crippen LogP contribution is 2.43. The summed E-state index contributed by atoms with van der Waals surface area (Å²) >= 11 is 13.3. The zero-order valence-electron chi connectivity index (χ0n) is 20.1. The summed E-state index contributed by atoms with van der Waals surface area (Å²) in [7, 11) is 3.65. The maximum absolute atomic E-state index is 13.7. The monoisotopic (exact) mass is 522 g/mol. The normalized spacial score (nSPS) is 35.4. The Kier molecular flexibility index (Phi) is 5.82. The molecule has 4 aliphatic heterocycles. The fraction of sp³-hybridized carbons (Fsp3) is 0.652. The van der Waals surface area contributed by atoms with E-state index in [0.717, 1.165) is 43.6 Å². The smallest absolute Gasteiger partial charge is 0.232 e. The van der Waals surface area contributed by atoms with Crippen molar-refractivity contribution in [1.29, 1.82) is 0 Å². The number of fused-ring (bicyclic) bond motifs is 2. The quantitative estimate of drug-likeness (QED) is 0.464. The predicted molar refractivity (Wildman–Crippen MR) is 133 cm³/mol. The van der Waals surface area contributed by atoms with Gasteiger partial charge in [-0.3, -0.25) is 19.7 Å². The van der Waals surface area contributed by atoms with E-state index in [2.05, 4.69) is 33.1 Å². The number of carbonyl (C=O) groups excluding carboxylic acids is 1. The van der Waals surface area contributed by atoms with Crippen molar-refractivity contribution in [2.75, 3.05) is 26.7 Å².